The number of nitrogens with two attached hydrogens (primary N) is 1. The molecule has 2 heterocycles. The van der Waals surface area contributed by atoms with Gasteiger partial charge in [-0.3, -0.25) is 0 Å². The van der Waals surface area contributed by atoms with Crippen LogP contribution in [0.3, 0.4) is 0 Å². The number of ether oxygens (including phenoxy) is 1. The third-order valence-corrected chi connectivity index (χ3v) is 3.72. The Morgan fingerprint density at radius 2 is 2.24 bits per heavy atom. The predicted octanol–water partition coefficient (Wildman–Crippen LogP) is 2.65. The van der Waals surface area contributed by atoms with Gasteiger partial charge in [-0.15, -0.1) is 0 Å². The van der Waals surface area contributed by atoms with Gasteiger partial charge in [0, 0.05) is 30.4 Å². The average Bonchev–Trinajstić information content (AvgIpc) is 2.31. The standard InChI is InChI=1S/C12H18BrN3O/c1-12(2-4-17-5-3-12)8-16-10-6-9(13)7-15-11(10)14/h6-7,16H,2-5,8H2,1H3,(H2,14,15). The van der Waals surface area contributed by atoms with Gasteiger partial charge in [-0.05, 0) is 40.3 Å². The van der Waals surface area contributed by atoms with Crippen molar-refractivity contribution >= 4 is 27.4 Å². The highest BCUT2D eigenvalue weighted by molar-refractivity contribution is 9.10. The van der Waals surface area contributed by atoms with Crippen LogP contribution in [0.4, 0.5) is 11.5 Å². The molecule has 0 radical (unpaired) electrons. The number of pyridine rings is 1. The number of nitrogen functional groups attached to an aromatic ring is 1. The lowest BCUT2D eigenvalue weighted by Crippen LogP contribution is -2.33. The second-order valence-electron chi connectivity index (χ2n) is 4.86. The number of aromatic nitrogens is 1. The fraction of sp³-hybridized carbons (Fsp3) is 0.583. The van der Waals surface area contributed by atoms with Gasteiger partial charge in [0.1, 0.15) is 5.82 Å². The minimum atomic E-state index is 0.285. The first kappa shape index (κ1) is 12.6. The zero-order valence-electron chi connectivity index (χ0n) is 10.0. The highest BCUT2D eigenvalue weighted by Crippen LogP contribution is 2.31. The summed E-state index contributed by atoms with van der Waals surface area (Å²) in [4.78, 5) is 4.11. The largest absolute Gasteiger partial charge is 0.382 e. The summed E-state index contributed by atoms with van der Waals surface area (Å²) in [5, 5.41) is 3.39. The monoisotopic (exact) mass is 299 g/mol. The van der Waals surface area contributed by atoms with Gasteiger partial charge in [-0.1, -0.05) is 6.92 Å². The highest BCUT2D eigenvalue weighted by Gasteiger charge is 2.27. The molecule has 4 nitrogen and oxygen atoms in total. The minimum absolute atomic E-state index is 0.285. The molecule has 1 fully saturated rings. The zero-order chi connectivity index (χ0) is 12.3. The third-order valence-electron chi connectivity index (χ3n) is 3.29. The minimum Gasteiger partial charge on any atom is -0.382 e. The summed E-state index contributed by atoms with van der Waals surface area (Å²) in [5.74, 6) is 0.545. The van der Waals surface area contributed by atoms with Crippen molar-refractivity contribution in [1.29, 1.82) is 0 Å². The Labute approximate surface area is 110 Å². The molecule has 0 amide bonds. The quantitative estimate of drug-likeness (QED) is 0.901. The summed E-state index contributed by atoms with van der Waals surface area (Å²) in [5.41, 5.74) is 7.01. The van der Waals surface area contributed by atoms with E-state index in [1.54, 1.807) is 6.20 Å². The Balaban J connectivity index is 1.99. The number of hydrogen-bond acceptors (Lipinski definition) is 4. The van der Waals surface area contributed by atoms with Crippen molar-refractivity contribution < 1.29 is 4.74 Å². The predicted molar refractivity (Wildman–Crippen MR) is 73.0 cm³/mol. The third kappa shape index (κ3) is 3.33. The molecule has 17 heavy (non-hydrogen) atoms. The summed E-state index contributed by atoms with van der Waals surface area (Å²) < 4.78 is 6.32. The Morgan fingerprint density at radius 3 is 2.94 bits per heavy atom. The SMILES string of the molecule is CC1(CNc2cc(Br)cnc2N)CCOCC1. The molecule has 0 aliphatic carbocycles. The molecule has 0 aromatic carbocycles. The molecule has 94 valence electrons. The number of anilines is 2. The van der Waals surface area contributed by atoms with Crippen molar-refractivity contribution in [1.82, 2.24) is 4.98 Å². The molecule has 1 aromatic heterocycles. The summed E-state index contributed by atoms with van der Waals surface area (Å²) in [6, 6.07) is 1.96. The van der Waals surface area contributed by atoms with Crippen molar-refractivity contribution in [2.75, 3.05) is 30.8 Å². The van der Waals surface area contributed by atoms with Gasteiger partial charge in [-0.2, -0.15) is 0 Å². The highest BCUT2D eigenvalue weighted by atomic mass is 79.9. The van der Waals surface area contributed by atoms with E-state index in [2.05, 4.69) is 33.2 Å². The molecule has 0 spiro atoms. The van der Waals surface area contributed by atoms with E-state index in [1.165, 1.54) is 0 Å². The Hall–Kier alpha value is -0.810. The first-order valence-electron chi connectivity index (χ1n) is 5.82. The number of nitrogens with one attached hydrogen (secondary N) is 1. The van der Waals surface area contributed by atoms with Crippen LogP contribution >= 0.6 is 15.9 Å². The molecule has 0 unspecified atom stereocenters. The molecule has 0 bridgehead atoms. The van der Waals surface area contributed by atoms with E-state index in [-0.39, 0.29) is 5.41 Å². The van der Waals surface area contributed by atoms with Crippen LogP contribution in [0.25, 0.3) is 0 Å². The van der Waals surface area contributed by atoms with Crippen LogP contribution in [0.5, 0.6) is 0 Å². The van der Waals surface area contributed by atoms with Crippen LogP contribution in [0.1, 0.15) is 19.8 Å². The smallest absolute Gasteiger partial charge is 0.146 e. The number of hydrogen-bond donors (Lipinski definition) is 2. The molecule has 1 aromatic rings. The van der Waals surface area contributed by atoms with Crippen LogP contribution < -0.4 is 11.1 Å². The average molecular weight is 300 g/mol. The van der Waals surface area contributed by atoms with Crippen LogP contribution in [-0.2, 0) is 4.74 Å². The fourth-order valence-corrected chi connectivity index (χ4v) is 2.27. The molecule has 1 aliphatic heterocycles. The lowest BCUT2D eigenvalue weighted by atomic mass is 9.82. The van der Waals surface area contributed by atoms with Crippen molar-refractivity contribution in [2.45, 2.75) is 19.8 Å². The van der Waals surface area contributed by atoms with Crippen LogP contribution in [0.15, 0.2) is 16.7 Å². The van der Waals surface area contributed by atoms with E-state index in [0.717, 1.165) is 42.8 Å². The van der Waals surface area contributed by atoms with E-state index in [4.69, 9.17) is 10.5 Å². The maximum absolute atomic E-state index is 5.83. The van der Waals surface area contributed by atoms with E-state index in [1.807, 2.05) is 6.07 Å². The first-order chi connectivity index (χ1) is 8.09. The second-order valence-corrected chi connectivity index (χ2v) is 5.78. The van der Waals surface area contributed by atoms with Crippen molar-refractivity contribution in [3.05, 3.63) is 16.7 Å². The molecule has 1 saturated heterocycles. The molecule has 5 heteroatoms. The lowest BCUT2D eigenvalue weighted by molar-refractivity contribution is 0.0300. The normalized spacial score (nSPS) is 18.9. The van der Waals surface area contributed by atoms with E-state index < -0.39 is 0 Å². The molecule has 3 N–H and O–H groups in total. The fourth-order valence-electron chi connectivity index (χ4n) is 1.94. The maximum atomic E-state index is 5.83. The van der Waals surface area contributed by atoms with Crippen LogP contribution in [-0.4, -0.2) is 24.7 Å². The van der Waals surface area contributed by atoms with Crippen molar-refractivity contribution in [3.8, 4) is 0 Å². The molecule has 0 saturated carbocycles. The number of halogens is 1. The van der Waals surface area contributed by atoms with Gasteiger partial charge in [0.25, 0.3) is 0 Å². The first-order valence-corrected chi connectivity index (χ1v) is 6.61. The van der Waals surface area contributed by atoms with Gasteiger partial charge in [0.05, 0.1) is 5.69 Å². The van der Waals surface area contributed by atoms with Gasteiger partial charge in [0.15, 0.2) is 0 Å². The van der Waals surface area contributed by atoms with Gasteiger partial charge < -0.3 is 15.8 Å². The Bertz CT molecular complexity index is 391. The Morgan fingerprint density at radius 1 is 1.53 bits per heavy atom. The Kier molecular flexibility index (Phi) is 3.89. The second kappa shape index (κ2) is 5.23. The summed E-state index contributed by atoms with van der Waals surface area (Å²) in [6.07, 6.45) is 3.87. The van der Waals surface area contributed by atoms with E-state index in [0.29, 0.717) is 5.82 Å². The summed E-state index contributed by atoms with van der Waals surface area (Å²) >= 11 is 3.40. The molecule has 2 rings (SSSR count). The number of nitrogens with zero attached hydrogens (tertiary/aromatic N) is 1. The van der Waals surface area contributed by atoms with Gasteiger partial charge >= 0.3 is 0 Å². The topological polar surface area (TPSA) is 60.2 Å². The maximum Gasteiger partial charge on any atom is 0.146 e. The van der Waals surface area contributed by atoms with Gasteiger partial charge in [0.2, 0.25) is 0 Å². The van der Waals surface area contributed by atoms with Gasteiger partial charge in [-0.25, -0.2) is 4.98 Å². The van der Waals surface area contributed by atoms with Crippen molar-refractivity contribution in [2.24, 2.45) is 5.41 Å². The van der Waals surface area contributed by atoms with E-state index in [9.17, 15) is 0 Å². The van der Waals surface area contributed by atoms with Crippen LogP contribution in [0, 0.1) is 5.41 Å². The number of rotatable bonds is 3. The summed E-state index contributed by atoms with van der Waals surface area (Å²) in [7, 11) is 0. The molecular weight excluding hydrogens is 282 g/mol. The zero-order valence-corrected chi connectivity index (χ0v) is 11.6. The van der Waals surface area contributed by atoms with Crippen molar-refractivity contribution in [3.63, 3.8) is 0 Å². The molecule has 1 aliphatic rings. The van der Waals surface area contributed by atoms with E-state index >= 15 is 0 Å². The lowest BCUT2D eigenvalue weighted by Gasteiger charge is -2.34. The molecular formula is C12H18BrN3O. The van der Waals surface area contributed by atoms with Crippen LogP contribution in [0.2, 0.25) is 0 Å². The molecule has 0 atom stereocenters. The summed E-state index contributed by atoms with van der Waals surface area (Å²) in [6.45, 7) is 4.89.